The molecule has 1 N–H and O–H groups in total. The summed E-state index contributed by atoms with van der Waals surface area (Å²) in [4.78, 5) is 0. The van der Waals surface area contributed by atoms with Crippen LogP contribution in [0.4, 0.5) is 0 Å². The normalized spacial score (nSPS) is 17.7. The van der Waals surface area contributed by atoms with Crippen LogP contribution in [0.5, 0.6) is 0 Å². The molecule has 0 amide bonds. The number of ether oxygens (including phenoxy) is 1. The topological polar surface area (TPSA) is 84.7 Å². The summed E-state index contributed by atoms with van der Waals surface area (Å²) < 4.78 is 38.1. The predicted octanol–water partition coefficient (Wildman–Crippen LogP) is 0.294. The Morgan fingerprint density at radius 3 is 2.84 bits per heavy atom. The van der Waals surface area contributed by atoms with E-state index in [1.807, 2.05) is 0 Å². The number of hydrogen-bond acceptors (Lipinski definition) is 5. The molecule has 1 aliphatic rings. The minimum Gasteiger partial charge on any atom is -0.379 e. The Balaban J connectivity index is 1.89. The molecule has 1 saturated heterocycles. The molecule has 0 aromatic carbocycles. The first-order chi connectivity index (χ1) is 9.12. The lowest BCUT2D eigenvalue weighted by atomic mass is 10.2. The van der Waals surface area contributed by atoms with Crippen LogP contribution >= 0.6 is 0 Å². The number of nitrogens with one attached hydrogen (secondary N) is 1. The van der Waals surface area contributed by atoms with Gasteiger partial charge in [0.15, 0.2) is 5.76 Å². The van der Waals surface area contributed by atoms with Gasteiger partial charge in [0.1, 0.15) is 0 Å². The van der Waals surface area contributed by atoms with Crippen LogP contribution in [0.2, 0.25) is 0 Å². The molecule has 108 valence electrons. The van der Waals surface area contributed by atoms with Gasteiger partial charge in [0.25, 0.3) is 10.2 Å². The Bertz CT molecular complexity index is 494. The van der Waals surface area contributed by atoms with Crippen LogP contribution in [0.3, 0.4) is 0 Å². The summed E-state index contributed by atoms with van der Waals surface area (Å²) in [7, 11) is -3.47. The van der Waals surface area contributed by atoms with Gasteiger partial charge in [-0.15, -0.1) is 0 Å². The van der Waals surface area contributed by atoms with Crippen LogP contribution in [-0.2, 0) is 27.9 Å². The van der Waals surface area contributed by atoms with Gasteiger partial charge in [-0.05, 0) is 6.42 Å². The Hall–Kier alpha value is -0.960. The van der Waals surface area contributed by atoms with E-state index < -0.39 is 10.2 Å². The summed E-state index contributed by atoms with van der Waals surface area (Å²) in [6.07, 6.45) is 1.81. The number of morpholine rings is 1. The molecule has 19 heavy (non-hydrogen) atoms. The van der Waals surface area contributed by atoms with Gasteiger partial charge in [-0.2, -0.15) is 17.4 Å². The van der Waals surface area contributed by atoms with Crippen LogP contribution in [0.25, 0.3) is 0 Å². The Morgan fingerprint density at radius 2 is 2.16 bits per heavy atom. The van der Waals surface area contributed by atoms with Gasteiger partial charge >= 0.3 is 0 Å². The minimum absolute atomic E-state index is 0.121. The van der Waals surface area contributed by atoms with Gasteiger partial charge in [0.05, 0.1) is 25.5 Å². The van der Waals surface area contributed by atoms with Crippen LogP contribution < -0.4 is 4.72 Å². The Labute approximate surface area is 113 Å². The molecule has 2 rings (SSSR count). The van der Waals surface area contributed by atoms with Crippen LogP contribution in [0.15, 0.2) is 10.6 Å². The molecule has 0 saturated carbocycles. The standard InChI is InChI=1S/C11H19N3O4S/c1-2-3-10-8-11(18-13-10)9-12-19(15,16)14-4-6-17-7-5-14/h8,12H,2-7,9H2,1H3. The zero-order valence-corrected chi connectivity index (χ0v) is 11.8. The second-order valence-electron chi connectivity index (χ2n) is 4.37. The average Bonchev–Trinajstić information content (AvgIpc) is 2.86. The van der Waals surface area contributed by atoms with Gasteiger partial charge in [0, 0.05) is 19.2 Å². The van der Waals surface area contributed by atoms with Crippen molar-refractivity contribution in [1.29, 1.82) is 0 Å². The maximum atomic E-state index is 12.0. The van der Waals surface area contributed by atoms with E-state index in [9.17, 15) is 8.42 Å². The molecule has 0 atom stereocenters. The second-order valence-corrected chi connectivity index (χ2v) is 6.13. The lowest BCUT2D eigenvalue weighted by Crippen LogP contribution is -2.46. The van der Waals surface area contributed by atoms with E-state index in [0.29, 0.717) is 32.1 Å². The number of hydrogen-bond donors (Lipinski definition) is 1. The van der Waals surface area contributed by atoms with Crippen molar-refractivity contribution in [3.8, 4) is 0 Å². The molecule has 0 radical (unpaired) electrons. The average molecular weight is 289 g/mol. The molecule has 1 fully saturated rings. The third-order valence-electron chi connectivity index (χ3n) is 2.85. The van der Waals surface area contributed by atoms with E-state index in [1.165, 1.54) is 4.31 Å². The van der Waals surface area contributed by atoms with E-state index in [1.54, 1.807) is 6.07 Å². The Kier molecular flexibility index (Phi) is 4.92. The van der Waals surface area contributed by atoms with Crippen molar-refractivity contribution in [2.45, 2.75) is 26.3 Å². The van der Waals surface area contributed by atoms with Crippen LogP contribution in [-0.4, -0.2) is 44.2 Å². The van der Waals surface area contributed by atoms with Gasteiger partial charge in [-0.25, -0.2) is 0 Å². The van der Waals surface area contributed by atoms with Crippen molar-refractivity contribution < 1.29 is 17.7 Å². The molecule has 1 aliphatic heterocycles. The zero-order chi connectivity index (χ0) is 13.7. The summed E-state index contributed by atoms with van der Waals surface area (Å²) in [5.74, 6) is 0.528. The first kappa shape index (κ1) is 14.4. The lowest BCUT2D eigenvalue weighted by molar-refractivity contribution is 0.0724. The second kappa shape index (κ2) is 6.47. The van der Waals surface area contributed by atoms with Crippen molar-refractivity contribution in [3.63, 3.8) is 0 Å². The molecule has 7 nitrogen and oxygen atoms in total. The van der Waals surface area contributed by atoms with E-state index >= 15 is 0 Å². The number of aryl methyl sites for hydroxylation is 1. The lowest BCUT2D eigenvalue weighted by Gasteiger charge is -2.25. The van der Waals surface area contributed by atoms with Crippen LogP contribution in [0, 0.1) is 0 Å². The molecular formula is C11H19N3O4S. The van der Waals surface area contributed by atoms with Crippen molar-refractivity contribution in [3.05, 3.63) is 17.5 Å². The highest BCUT2D eigenvalue weighted by molar-refractivity contribution is 7.87. The monoisotopic (exact) mass is 289 g/mol. The van der Waals surface area contributed by atoms with Gasteiger partial charge in [0.2, 0.25) is 0 Å². The smallest absolute Gasteiger partial charge is 0.280 e. The summed E-state index contributed by atoms with van der Waals surface area (Å²) >= 11 is 0. The van der Waals surface area contributed by atoms with Gasteiger partial charge < -0.3 is 9.26 Å². The molecule has 0 unspecified atom stereocenters. The highest BCUT2D eigenvalue weighted by atomic mass is 32.2. The van der Waals surface area contributed by atoms with Crippen molar-refractivity contribution in [2.75, 3.05) is 26.3 Å². The largest absolute Gasteiger partial charge is 0.379 e. The maximum Gasteiger partial charge on any atom is 0.280 e. The maximum absolute atomic E-state index is 12.0. The van der Waals surface area contributed by atoms with Gasteiger partial charge in [-0.3, -0.25) is 0 Å². The minimum atomic E-state index is -3.47. The quantitative estimate of drug-likeness (QED) is 0.814. The van der Waals surface area contributed by atoms with E-state index in [4.69, 9.17) is 9.26 Å². The molecular weight excluding hydrogens is 270 g/mol. The van der Waals surface area contributed by atoms with E-state index in [-0.39, 0.29) is 6.54 Å². The summed E-state index contributed by atoms with van der Waals surface area (Å²) in [6, 6.07) is 1.78. The first-order valence-corrected chi connectivity index (χ1v) is 7.83. The predicted molar refractivity (Wildman–Crippen MR) is 68.6 cm³/mol. The third kappa shape index (κ3) is 4.00. The van der Waals surface area contributed by atoms with Crippen molar-refractivity contribution in [2.24, 2.45) is 0 Å². The molecule has 0 aliphatic carbocycles. The number of aromatic nitrogens is 1. The molecule has 0 spiro atoms. The highest BCUT2D eigenvalue weighted by Gasteiger charge is 2.24. The van der Waals surface area contributed by atoms with Crippen LogP contribution in [0.1, 0.15) is 24.8 Å². The van der Waals surface area contributed by atoms with Gasteiger partial charge in [-0.1, -0.05) is 18.5 Å². The third-order valence-corrected chi connectivity index (χ3v) is 4.41. The number of nitrogens with zero attached hydrogens (tertiary/aromatic N) is 2. The van der Waals surface area contributed by atoms with Crippen molar-refractivity contribution in [1.82, 2.24) is 14.2 Å². The van der Waals surface area contributed by atoms with E-state index in [2.05, 4.69) is 16.8 Å². The fraction of sp³-hybridized carbons (Fsp3) is 0.727. The molecule has 1 aromatic rings. The molecule has 8 heteroatoms. The summed E-state index contributed by atoms with van der Waals surface area (Å²) in [5, 5.41) is 3.88. The summed E-state index contributed by atoms with van der Waals surface area (Å²) in [6.45, 7) is 3.80. The zero-order valence-electron chi connectivity index (χ0n) is 11.0. The van der Waals surface area contributed by atoms with E-state index in [0.717, 1.165) is 18.5 Å². The molecule has 2 heterocycles. The fourth-order valence-corrected chi connectivity index (χ4v) is 2.99. The highest BCUT2D eigenvalue weighted by Crippen LogP contribution is 2.08. The SMILES string of the molecule is CCCc1cc(CNS(=O)(=O)N2CCOCC2)on1. The fourth-order valence-electron chi connectivity index (χ4n) is 1.85. The molecule has 1 aromatic heterocycles. The Morgan fingerprint density at radius 1 is 1.42 bits per heavy atom. The number of rotatable bonds is 6. The van der Waals surface area contributed by atoms with Crippen molar-refractivity contribution >= 4 is 10.2 Å². The summed E-state index contributed by atoms with van der Waals surface area (Å²) in [5.41, 5.74) is 0.850. The molecule has 0 bridgehead atoms. The first-order valence-electron chi connectivity index (χ1n) is 6.39.